The van der Waals surface area contributed by atoms with E-state index in [1.807, 2.05) is 0 Å². The van der Waals surface area contributed by atoms with Crippen molar-refractivity contribution >= 4 is 37.1 Å². The molecule has 5 nitrogen and oxygen atoms in total. The molecule has 0 bridgehead atoms. The summed E-state index contributed by atoms with van der Waals surface area (Å²) in [5.74, 6) is 1.66. The van der Waals surface area contributed by atoms with Crippen molar-refractivity contribution in [2.75, 3.05) is 31.3 Å². The van der Waals surface area contributed by atoms with Crippen LogP contribution < -0.4 is 0 Å². The lowest BCUT2D eigenvalue weighted by Gasteiger charge is -2.21. The van der Waals surface area contributed by atoms with Gasteiger partial charge in [-0.15, -0.1) is 23.5 Å². The molecule has 1 saturated heterocycles. The third-order valence-electron chi connectivity index (χ3n) is 2.59. The molecule has 0 unspecified atom stereocenters. The van der Waals surface area contributed by atoms with Crippen LogP contribution in [-0.2, 0) is 23.1 Å². The number of hydrogen-bond acceptors (Lipinski definition) is 7. The van der Waals surface area contributed by atoms with Gasteiger partial charge in [0, 0.05) is 17.9 Å². The van der Waals surface area contributed by atoms with Gasteiger partial charge in [-0.2, -0.15) is 0 Å². The molecule has 1 aliphatic heterocycles. The SMILES string of the molecule is CCOC(=O)CCC(=C1SCCS1)P(=O)(OCC)OCC. The summed E-state index contributed by atoms with van der Waals surface area (Å²) in [5.41, 5.74) is 0. The van der Waals surface area contributed by atoms with Crippen molar-refractivity contribution in [1.29, 1.82) is 0 Å². The van der Waals surface area contributed by atoms with Crippen molar-refractivity contribution in [1.82, 2.24) is 0 Å². The zero-order valence-electron chi connectivity index (χ0n) is 12.8. The Hall–Kier alpha value is 0.0600. The molecule has 0 aliphatic carbocycles. The van der Waals surface area contributed by atoms with E-state index in [0.29, 0.717) is 31.6 Å². The Morgan fingerprint density at radius 2 is 1.62 bits per heavy atom. The minimum atomic E-state index is -3.32. The van der Waals surface area contributed by atoms with Crippen molar-refractivity contribution in [2.24, 2.45) is 0 Å². The van der Waals surface area contributed by atoms with Gasteiger partial charge in [-0.3, -0.25) is 9.36 Å². The van der Waals surface area contributed by atoms with Gasteiger partial charge in [0.05, 0.1) is 29.4 Å². The molecule has 0 aromatic carbocycles. The monoisotopic (exact) mass is 354 g/mol. The second-order valence-corrected chi connectivity index (χ2v) is 8.59. The van der Waals surface area contributed by atoms with Crippen LogP contribution >= 0.6 is 31.1 Å². The number of ether oxygens (including phenoxy) is 1. The molecule has 21 heavy (non-hydrogen) atoms. The highest BCUT2D eigenvalue weighted by molar-refractivity contribution is 8.25. The highest BCUT2D eigenvalue weighted by Crippen LogP contribution is 2.62. The van der Waals surface area contributed by atoms with Crippen molar-refractivity contribution < 1.29 is 23.1 Å². The molecule has 0 atom stereocenters. The van der Waals surface area contributed by atoms with Crippen LogP contribution in [0.2, 0.25) is 0 Å². The lowest BCUT2D eigenvalue weighted by atomic mass is 10.3. The second-order valence-electron chi connectivity index (χ2n) is 4.07. The first-order valence-electron chi connectivity index (χ1n) is 7.11. The Balaban J connectivity index is 2.93. The number of esters is 1. The van der Waals surface area contributed by atoms with E-state index < -0.39 is 7.60 Å². The Morgan fingerprint density at radius 3 is 2.10 bits per heavy atom. The van der Waals surface area contributed by atoms with Crippen LogP contribution in [0.15, 0.2) is 9.55 Å². The maximum Gasteiger partial charge on any atom is 0.358 e. The summed E-state index contributed by atoms with van der Waals surface area (Å²) in [6.45, 7) is 6.31. The van der Waals surface area contributed by atoms with Crippen LogP contribution in [0.5, 0.6) is 0 Å². The van der Waals surface area contributed by atoms with Gasteiger partial charge in [0.1, 0.15) is 0 Å². The minimum Gasteiger partial charge on any atom is -0.466 e. The molecule has 0 amide bonds. The molecule has 0 aromatic heterocycles. The molecule has 1 fully saturated rings. The number of carbonyl (C=O) groups excluding carboxylic acids is 1. The summed E-state index contributed by atoms with van der Waals surface area (Å²) in [6, 6.07) is 0. The first kappa shape index (κ1) is 19.1. The van der Waals surface area contributed by atoms with Crippen LogP contribution in [0.25, 0.3) is 0 Å². The molecule has 1 aliphatic rings. The fraction of sp³-hybridized carbons (Fsp3) is 0.769. The topological polar surface area (TPSA) is 61.8 Å². The maximum atomic E-state index is 13.0. The average molecular weight is 354 g/mol. The van der Waals surface area contributed by atoms with E-state index in [4.69, 9.17) is 13.8 Å². The maximum absolute atomic E-state index is 13.0. The summed E-state index contributed by atoms with van der Waals surface area (Å²) in [5, 5.41) is 0.631. The number of rotatable bonds is 9. The van der Waals surface area contributed by atoms with Gasteiger partial charge >= 0.3 is 13.6 Å². The third-order valence-corrected chi connectivity index (χ3v) is 7.99. The van der Waals surface area contributed by atoms with Crippen LogP contribution in [0.4, 0.5) is 0 Å². The summed E-state index contributed by atoms with van der Waals surface area (Å²) < 4.78 is 29.8. The first-order chi connectivity index (χ1) is 10.1. The molecule has 1 heterocycles. The van der Waals surface area contributed by atoms with Crippen molar-refractivity contribution in [3.63, 3.8) is 0 Å². The molecule has 0 radical (unpaired) electrons. The largest absolute Gasteiger partial charge is 0.466 e. The fourth-order valence-corrected chi connectivity index (χ4v) is 6.96. The quantitative estimate of drug-likeness (QED) is 0.453. The van der Waals surface area contributed by atoms with Gasteiger partial charge in [-0.1, -0.05) is 0 Å². The third kappa shape index (κ3) is 5.99. The van der Waals surface area contributed by atoms with E-state index in [1.165, 1.54) is 0 Å². The number of thioether (sulfide) groups is 2. The molecular formula is C13H23O5PS2. The van der Waals surface area contributed by atoms with Crippen LogP contribution in [0, 0.1) is 0 Å². The Labute approximate surface area is 135 Å². The fourth-order valence-electron chi connectivity index (χ4n) is 1.81. The normalized spacial score (nSPS) is 15.3. The van der Waals surface area contributed by atoms with Gasteiger partial charge < -0.3 is 13.8 Å². The first-order valence-corrected chi connectivity index (χ1v) is 10.6. The number of carbonyl (C=O) groups is 1. The smallest absolute Gasteiger partial charge is 0.358 e. The lowest BCUT2D eigenvalue weighted by Crippen LogP contribution is -2.06. The van der Waals surface area contributed by atoms with E-state index in [1.54, 1.807) is 44.3 Å². The predicted octanol–water partition coefficient (Wildman–Crippen LogP) is 4.24. The van der Waals surface area contributed by atoms with E-state index in [0.717, 1.165) is 15.7 Å². The zero-order chi connectivity index (χ0) is 15.7. The van der Waals surface area contributed by atoms with E-state index in [9.17, 15) is 9.36 Å². The van der Waals surface area contributed by atoms with Gasteiger partial charge in [0.2, 0.25) is 0 Å². The Kier molecular flexibility index (Phi) is 9.06. The van der Waals surface area contributed by atoms with Crippen molar-refractivity contribution in [3.8, 4) is 0 Å². The highest BCUT2D eigenvalue weighted by atomic mass is 32.2. The van der Waals surface area contributed by atoms with E-state index >= 15 is 0 Å². The van der Waals surface area contributed by atoms with Crippen LogP contribution in [0.1, 0.15) is 33.6 Å². The molecule has 0 aromatic rings. The molecule has 8 heteroatoms. The van der Waals surface area contributed by atoms with Crippen molar-refractivity contribution in [2.45, 2.75) is 33.6 Å². The standard InChI is InChI=1S/C13H23O5PS2/c1-4-16-12(14)8-7-11(13-20-9-10-21-13)19(15,17-5-2)18-6-3/h4-10H2,1-3H3. The van der Waals surface area contributed by atoms with E-state index in [-0.39, 0.29) is 12.4 Å². The number of allylic oxidation sites excluding steroid dienone is 1. The summed E-state index contributed by atoms with van der Waals surface area (Å²) in [4.78, 5) is 11.6. The summed E-state index contributed by atoms with van der Waals surface area (Å²) >= 11 is 3.30. The van der Waals surface area contributed by atoms with Gasteiger partial charge in [-0.25, -0.2) is 0 Å². The molecule has 0 saturated carbocycles. The molecule has 0 spiro atoms. The van der Waals surface area contributed by atoms with E-state index in [2.05, 4.69) is 0 Å². The second kappa shape index (κ2) is 9.95. The Morgan fingerprint density at radius 1 is 1.05 bits per heavy atom. The van der Waals surface area contributed by atoms with Crippen LogP contribution in [0.3, 0.4) is 0 Å². The minimum absolute atomic E-state index is 0.192. The molecule has 122 valence electrons. The van der Waals surface area contributed by atoms with Gasteiger partial charge in [0.15, 0.2) is 0 Å². The molecule has 0 N–H and O–H groups in total. The van der Waals surface area contributed by atoms with Crippen molar-refractivity contribution in [3.05, 3.63) is 9.55 Å². The number of hydrogen-bond donors (Lipinski definition) is 0. The van der Waals surface area contributed by atoms with Gasteiger partial charge in [0.25, 0.3) is 0 Å². The van der Waals surface area contributed by atoms with Crippen LogP contribution in [-0.4, -0.2) is 37.3 Å². The lowest BCUT2D eigenvalue weighted by molar-refractivity contribution is -0.143. The average Bonchev–Trinajstić information content (AvgIpc) is 2.93. The summed E-state index contributed by atoms with van der Waals surface area (Å²) in [7, 11) is -3.32. The predicted molar refractivity (Wildman–Crippen MR) is 88.7 cm³/mol. The molecule has 1 rings (SSSR count). The highest BCUT2D eigenvalue weighted by Gasteiger charge is 2.34. The van der Waals surface area contributed by atoms with Gasteiger partial charge in [-0.05, 0) is 27.2 Å². The summed E-state index contributed by atoms with van der Waals surface area (Å²) in [6.07, 6.45) is 0.545. The zero-order valence-corrected chi connectivity index (χ0v) is 15.3. The Bertz CT molecular complexity index is 407. The molecular weight excluding hydrogens is 331 g/mol.